The fourth-order valence-corrected chi connectivity index (χ4v) is 2.53. The maximum atomic E-state index is 6.17. The summed E-state index contributed by atoms with van der Waals surface area (Å²) in [6, 6.07) is 8.29. The van der Waals surface area contributed by atoms with Gasteiger partial charge < -0.3 is 5.73 Å². The summed E-state index contributed by atoms with van der Waals surface area (Å²) in [4.78, 5) is 0. The van der Waals surface area contributed by atoms with Gasteiger partial charge in [0.05, 0.1) is 10.7 Å². The quantitative estimate of drug-likeness (QED) is 0.654. The number of aryl methyl sites for hydroxylation is 2. The lowest BCUT2D eigenvalue weighted by Crippen LogP contribution is -1.89. The van der Waals surface area contributed by atoms with Gasteiger partial charge in [-0.05, 0) is 35.4 Å². The van der Waals surface area contributed by atoms with Crippen LogP contribution >= 0.6 is 11.6 Å². The maximum Gasteiger partial charge on any atom is 0.0714 e. The molecular weight excluding hydrogens is 194 g/mol. The van der Waals surface area contributed by atoms with Crippen molar-refractivity contribution < 1.29 is 0 Å². The minimum atomic E-state index is 0.701. The summed E-state index contributed by atoms with van der Waals surface area (Å²) in [5, 5.41) is 3.14. The van der Waals surface area contributed by atoms with E-state index in [0.29, 0.717) is 10.7 Å². The normalized spacial score (nSPS) is 13.8. The zero-order chi connectivity index (χ0) is 9.71. The van der Waals surface area contributed by atoms with E-state index in [9.17, 15) is 0 Å². The topological polar surface area (TPSA) is 26.0 Å². The summed E-state index contributed by atoms with van der Waals surface area (Å²) in [5.41, 5.74) is 9.30. The second-order valence-corrected chi connectivity index (χ2v) is 4.16. The van der Waals surface area contributed by atoms with Gasteiger partial charge in [0.25, 0.3) is 0 Å². The molecule has 0 spiro atoms. The summed E-state index contributed by atoms with van der Waals surface area (Å²) in [7, 11) is 0. The number of rotatable bonds is 0. The standard InChI is InChI=1S/C12H10ClN/c13-12-9-3-1-2-7-4-5-8(11(7)9)6-10(12)14/h1-3,6H,4-5,14H2. The molecule has 0 bridgehead atoms. The predicted octanol–water partition coefficient (Wildman–Crippen LogP) is 3.17. The van der Waals surface area contributed by atoms with Crippen molar-refractivity contribution in [3.05, 3.63) is 40.4 Å². The number of anilines is 1. The van der Waals surface area contributed by atoms with Crippen molar-refractivity contribution in [1.29, 1.82) is 0 Å². The molecule has 0 atom stereocenters. The minimum Gasteiger partial charge on any atom is -0.397 e. The highest BCUT2D eigenvalue weighted by molar-refractivity contribution is 6.38. The Labute approximate surface area is 87.5 Å². The molecule has 0 radical (unpaired) electrons. The number of benzene rings is 2. The molecule has 1 aliphatic carbocycles. The Balaban J connectivity index is 2.57. The van der Waals surface area contributed by atoms with Crippen molar-refractivity contribution in [2.24, 2.45) is 0 Å². The summed E-state index contributed by atoms with van der Waals surface area (Å²) >= 11 is 6.17. The van der Waals surface area contributed by atoms with E-state index in [2.05, 4.69) is 12.1 Å². The van der Waals surface area contributed by atoms with Gasteiger partial charge in [-0.1, -0.05) is 29.8 Å². The third-order valence-electron chi connectivity index (χ3n) is 2.96. The van der Waals surface area contributed by atoms with Crippen molar-refractivity contribution >= 4 is 28.1 Å². The highest BCUT2D eigenvalue weighted by Crippen LogP contribution is 2.38. The van der Waals surface area contributed by atoms with Crippen LogP contribution in [0, 0.1) is 0 Å². The average molecular weight is 204 g/mol. The van der Waals surface area contributed by atoms with Gasteiger partial charge in [-0.25, -0.2) is 0 Å². The van der Waals surface area contributed by atoms with Crippen molar-refractivity contribution in [1.82, 2.24) is 0 Å². The SMILES string of the molecule is Nc1cc2c3c(cccc3c1Cl)CC2. The molecule has 2 heteroatoms. The maximum absolute atomic E-state index is 6.17. The van der Waals surface area contributed by atoms with Crippen LogP contribution in [0.4, 0.5) is 5.69 Å². The van der Waals surface area contributed by atoms with Crippen LogP contribution in [0.25, 0.3) is 10.8 Å². The highest BCUT2D eigenvalue weighted by atomic mass is 35.5. The fourth-order valence-electron chi connectivity index (χ4n) is 2.32. The third-order valence-corrected chi connectivity index (χ3v) is 3.38. The minimum absolute atomic E-state index is 0.701. The largest absolute Gasteiger partial charge is 0.397 e. The second kappa shape index (κ2) is 2.64. The fraction of sp³-hybridized carbons (Fsp3) is 0.167. The first-order chi connectivity index (χ1) is 6.77. The molecule has 70 valence electrons. The summed E-state index contributed by atoms with van der Waals surface area (Å²) in [6.07, 6.45) is 2.21. The molecule has 2 aromatic carbocycles. The molecule has 0 saturated heterocycles. The zero-order valence-electron chi connectivity index (χ0n) is 7.68. The lowest BCUT2D eigenvalue weighted by molar-refractivity contribution is 1.02. The van der Waals surface area contributed by atoms with E-state index in [1.54, 1.807) is 0 Å². The van der Waals surface area contributed by atoms with Crippen LogP contribution < -0.4 is 5.73 Å². The molecular formula is C12H10ClN. The van der Waals surface area contributed by atoms with Gasteiger partial charge in [-0.15, -0.1) is 0 Å². The van der Waals surface area contributed by atoms with E-state index >= 15 is 0 Å². The smallest absolute Gasteiger partial charge is 0.0714 e. The number of halogens is 1. The van der Waals surface area contributed by atoms with Crippen LogP contribution in [0.1, 0.15) is 11.1 Å². The Bertz CT molecular complexity index is 531. The van der Waals surface area contributed by atoms with E-state index in [-0.39, 0.29) is 0 Å². The molecule has 2 N–H and O–H groups in total. The summed E-state index contributed by atoms with van der Waals surface area (Å²) in [6.45, 7) is 0. The molecule has 0 heterocycles. The molecule has 0 amide bonds. The van der Waals surface area contributed by atoms with Crippen molar-refractivity contribution in [2.75, 3.05) is 5.73 Å². The van der Waals surface area contributed by atoms with E-state index < -0.39 is 0 Å². The van der Waals surface area contributed by atoms with Crippen LogP contribution in [0.3, 0.4) is 0 Å². The third kappa shape index (κ3) is 0.906. The van der Waals surface area contributed by atoms with E-state index in [1.165, 1.54) is 16.5 Å². The van der Waals surface area contributed by atoms with Crippen molar-refractivity contribution in [3.63, 3.8) is 0 Å². The number of nitrogens with two attached hydrogens (primary N) is 1. The van der Waals surface area contributed by atoms with E-state index in [1.807, 2.05) is 12.1 Å². The van der Waals surface area contributed by atoms with Crippen LogP contribution in [-0.4, -0.2) is 0 Å². The first-order valence-corrected chi connectivity index (χ1v) is 5.13. The molecule has 1 aliphatic rings. The first kappa shape index (κ1) is 8.13. The molecule has 0 saturated carbocycles. The summed E-state index contributed by atoms with van der Waals surface area (Å²) < 4.78 is 0. The molecule has 0 fully saturated rings. The van der Waals surface area contributed by atoms with Gasteiger partial charge in [-0.2, -0.15) is 0 Å². The van der Waals surface area contributed by atoms with E-state index in [0.717, 1.165) is 18.2 Å². The lowest BCUT2D eigenvalue weighted by Gasteiger charge is -2.06. The monoisotopic (exact) mass is 203 g/mol. The van der Waals surface area contributed by atoms with E-state index in [4.69, 9.17) is 17.3 Å². The van der Waals surface area contributed by atoms with Gasteiger partial charge in [-0.3, -0.25) is 0 Å². The average Bonchev–Trinajstić information content (AvgIpc) is 2.59. The molecule has 1 nitrogen and oxygen atoms in total. The van der Waals surface area contributed by atoms with Gasteiger partial charge in [0.2, 0.25) is 0 Å². The molecule has 2 aromatic rings. The molecule has 0 aliphatic heterocycles. The molecule has 0 aromatic heterocycles. The Morgan fingerprint density at radius 3 is 2.79 bits per heavy atom. The number of hydrogen-bond acceptors (Lipinski definition) is 1. The molecule has 14 heavy (non-hydrogen) atoms. The first-order valence-electron chi connectivity index (χ1n) is 4.76. The predicted molar refractivity (Wildman–Crippen MR) is 60.8 cm³/mol. The van der Waals surface area contributed by atoms with Crippen molar-refractivity contribution in [3.8, 4) is 0 Å². The van der Waals surface area contributed by atoms with Gasteiger partial charge in [0.1, 0.15) is 0 Å². The van der Waals surface area contributed by atoms with Gasteiger partial charge in [0, 0.05) is 5.39 Å². The lowest BCUT2D eigenvalue weighted by atomic mass is 10.0. The second-order valence-electron chi connectivity index (χ2n) is 3.78. The Kier molecular flexibility index (Phi) is 1.53. The molecule has 3 rings (SSSR count). The Hall–Kier alpha value is -1.21. The van der Waals surface area contributed by atoms with Crippen LogP contribution in [0.2, 0.25) is 5.02 Å². The van der Waals surface area contributed by atoms with Crippen LogP contribution in [0.15, 0.2) is 24.3 Å². The van der Waals surface area contributed by atoms with Gasteiger partial charge in [0.15, 0.2) is 0 Å². The number of hydrogen-bond donors (Lipinski definition) is 1. The van der Waals surface area contributed by atoms with Crippen LogP contribution in [0.5, 0.6) is 0 Å². The van der Waals surface area contributed by atoms with Crippen LogP contribution in [-0.2, 0) is 12.8 Å². The summed E-state index contributed by atoms with van der Waals surface area (Å²) in [5.74, 6) is 0. The highest BCUT2D eigenvalue weighted by Gasteiger charge is 2.16. The zero-order valence-corrected chi connectivity index (χ0v) is 8.43. The number of nitrogen functional groups attached to an aromatic ring is 1. The Morgan fingerprint density at radius 2 is 1.93 bits per heavy atom. The van der Waals surface area contributed by atoms with Gasteiger partial charge >= 0.3 is 0 Å². The molecule has 0 unspecified atom stereocenters. The van der Waals surface area contributed by atoms with Crippen molar-refractivity contribution in [2.45, 2.75) is 12.8 Å². The Morgan fingerprint density at radius 1 is 1.14 bits per heavy atom.